The fourth-order valence-corrected chi connectivity index (χ4v) is 2.21. The summed E-state index contributed by atoms with van der Waals surface area (Å²) in [4.78, 5) is 35.6. The number of ether oxygens (including phenoxy) is 4. The second-order valence-corrected chi connectivity index (χ2v) is 5.23. The van der Waals surface area contributed by atoms with Crippen molar-refractivity contribution >= 4 is 17.9 Å². The van der Waals surface area contributed by atoms with Gasteiger partial charge in [0, 0.05) is 0 Å². The van der Waals surface area contributed by atoms with E-state index in [2.05, 4.69) is 9.47 Å². The Balaban J connectivity index is 2.19. The van der Waals surface area contributed by atoms with Crippen LogP contribution in [0.3, 0.4) is 0 Å². The molecule has 0 saturated heterocycles. The fourth-order valence-electron chi connectivity index (χ4n) is 2.21. The van der Waals surface area contributed by atoms with Crippen LogP contribution in [-0.4, -0.2) is 39.2 Å². The Morgan fingerprint density at radius 2 is 1.31 bits per heavy atom. The number of carbonyl (C=O) groups excluding carboxylic acids is 3. The van der Waals surface area contributed by atoms with Crippen molar-refractivity contribution in [2.24, 2.45) is 0 Å². The Morgan fingerprint density at radius 3 is 1.77 bits per heavy atom. The van der Waals surface area contributed by atoms with Gasteiger partial charge in [0.15, 0.2) is 0 Å². The van der Waals surface area contributed by atoms with Gasteiger partial charge in [-0.3, -0.25) is 4.79 Å². The molecule has 0 unspecified atom stereocenters. The summed E-state index contributed by atoms with van der Waals surface area (Å²) < 4.78 is 19.6. The number of hydrogen-bond acceptors (Lipinski definition) is 7. The highest BCUT2D eigenvalue weighted by atomic mass is 16.5. The van der Waals surface area contributed by atoms with Crippen LogP contribution in [0.25, 0.3) is 0 Å². The molecule has 2 rings (SSSR count). The molecule has 0 amide bonds. The largest absolute Gasteiger partial charge is 0.497 e. The topological polar surface area (TPSA) is 88.1 Å². The number of hydrogen-bond donors (Lipinski definition) is 0. The normalized spacial score (nSPS) is 9.96. The minimum absolute atomic E-state index is 0.0139. The summed E-state index contributed by atoms with van der Waals surface area (Å²) in [5, 5.41) is 0. The predicted molar refractivity (Wildman–Crippen MR) is 91.5 cm³/mol. The molecule has 26 heavy (non-hydrogen) atoms. The Bertz CT molecular complexity index is 775. The molecule has 0 aliphatic heterocycles. The van der Waals surface area contributed by atoms with Gasteiger partial charge in [0.05, 0.1) is 38.9 Å². The summed E-state index contributed by atoms with van der Waals surface area (Å²) in [5.41, 5.74) is 0.874. The van der Waals surface area contributed by atoms with E-state index in [4.69, 9.17) is 9.47 Å². The van der Waals surface area contributed by atoms with Crippen molar-refractivity contribution in [1.29, 1.82) is 0 Å². The highest BCUT2D eigenvalue weighted by Gasteiger charge is 2.16. The van der Waals surface area contributed by atoms with Crippen molar-refractivity contribution < 1.29 is 33.3 Å². The first kappa shape index (κ1) is 19.0. The maximum absolute atomic E-state index is 12.2. The van der Waals surface area contributed by atoms with Gasteiger partial charge in [0.2, 0.25) is 0 Å². The molecule has 0 bridgehead atoms. The van der Waals surface area contributed by atoms with Gasteiger partial charge in [0.25, 0.3) is 0 Å². The zero-order valence-corrected chi connectivity index (χ0v) is 14.6. The van der Waals surface area contributed by atoms with E-state index in [-0.39, 0.29) is 23.3 Å². The van der Waals surface area contributed by atoms with Crippen molar-refractivity contribution in [3.05, 3.63) is 59.2 Å². The van der Waals surface area contributed by atoms with Crippen LogP contribution in [0.4, 0.5) is 0 Å². The first-order valence-electron chi connectivity index (χ1n) is 7.62. The van der Waals surface area contributed by atoms with Gasteiger partial charge in [-0.2, -0.15) is 0 Å². The molecule has 0 aromatic heterocycles. The molecule has 0 heterocycles. The summed E-state index contributed by atoms with van der Waals surface area (Å²) in [6.45, 7) is 0. The molecule has 0 N–H and O–H groups in total. The van der Waals surface area contributed by atoms with Crippen molar-refractivity contribution in [3.8, 4) is 11.5 Å². The highest BCUT2D eigenvalue weighted by molar-refractivity contribution is 5.96. The summed E-state index contributed by atoms with van der Waals surface area (Å²) in [5.74, 6) is -1.15. The molecule has 0 atom stereocenters. The Labute approximate surface area is 150 Å². The lowest BCUT2D eigenvalue weighted by Gasteiger charge is -2.09. The van der Waals surface area contributed by atoms with Crippen molar-refractivity contribution in [2.45, 2.75) is 6.42 Å². The molecular formula is C19H18O7. The molecule has 136 valence electrons. The standard InChI is InChI=1S/C19H18O7/c1-23-15-6-4-12(5-7-15)8-17(20)26-16-10-13(18(21)24-2)9-14(11-16)19(22)25-3/h4-7,9-11H,8H2,1-3H3. The molecule has 0 aliphatic carbocycles. The fraction of sp³-hybridized carbons (Fsp3) is 0.211. The molecule has 0 spiro atoms. The lowest BCUT2D eigenvalue weighted by Crippen LogP contribution is -2.13. The van der Waals surface area contributed by atoms with Crippen LogP contribution >= 0.6 is 0 Å². The number of esters is 3. The predicted octanol–water partition coefficient (Wildman–Crippen LogP) is 2.42. The Morgan fingerprint density at radius 1 is 0.769 bits per heavy atom. The summed E-state index contributed by atoms with van der Waals surface area (Å²) in [6, 6.07) is 10.9. The van der Waals surface area contributed by atoms with E-state index in [1.807, 2.05) is 0 Å². The molecule has 0 fully saturated rings. The third-order valence-electron chi connectivity index (χ3n) is 3.49. The molecule has 2 aromatic rings. The van der Waals surface area contributed by atoms with E-state index in [0.717, 1.165) is 5.56 Å². The number of methoxy groups -OCH3 is 3. The molecule has 2 aromatic carbocycles. The summed E-state index contributed by atoms with van der Waals surface area (Å²) >= 11 is 0. The first-order chi connectivity index (χ1) is 12.5. The van der Waals surface area contributed by atoms with Crippen LogP contribution in [0.15, 0.2) is 42.5 Å². The van der Waals surface area contributed by atoms with Crippen LogP contribution in [0.5, 0.6) is 11.5 Å². The lowest BCUT2D eigenvalue weighted by molar-refractivity contribution is -0.133. The van der Waals surface area contributed by atoms with Crippen molar-refractivity contribution in [3.63, 3.8) is 0 Å². The third kappa shape index (κ3) is 4.83. The number of benzene rings is 2. The zero-order valence-electron chi connectivity index (χ0n) is 14.6. The SMILES string of the molecule is COC(=O)c1cc(OC(=O)Cc2ccc(OC)cc2)cc(C(=O)OC)c1. The van der Waals surface area contributed by atoms with Crippen LogP contribution < -0.4 is 9.47 Å². The second kappa shape index (κ2) is 8.66. The second-order valence-electron chi connectivity index (χ2n) is 5.23. The minimum atomic E-state index is -0.664. The highest BCUT2D eigenvalue weighted by Crippen LogP contribution is 2.20. The van der Waals surface area contributed by atoms with E-state index in [1.165, 1.54) is 32.4 Å². The van der Waals surface area contributed by atoms with Gasteiger partial charge in [-0.05, 0) is 35.9 Å². The maximum atomic E-state index is 12.2. The van der Waals surface area contributed by atoms with Gasteiger partial charge in [-0.25, -0.2) is 9.59 Å². The van der Waals surface area contributed by atoms with E-state index in [0.29, 0.717) is 5.75 Å². The molecule has 0 saturated carbocycles. The number of carbonyl (C=O) groups is 3. The van der Waals surface area contributed by atoms with Crippen molar-refractivity contribution in [2.75, 3.05) is 21.3 Å². The molecular weight excluding hydrogens is 340 g/mol. The minimum Gasteiger partial charge on any atom is -0.497 e. The monoisotopic (exact) mass is 358 g/mol. The first-order valence-corrected chi connectivity index (χ1v) is 7.62. The van der Waals surface area contributed by atoms with Crippen molar-refractivity contribution in [1.82, 2.24) is 0 Å². The molecule has 0 radical (unpaired) electrons. The van der Waals surface area contributed by atoms with E-state index >= 15 is 0 Å². The summed E-state index contributed by atoms with van der Waals surface area (Å²) in [6.07, 6.45) is 0.0139. The van der Waals surface area contributed by atoms with E-state index in [9.17, 15) is 14.4 Å². The van der Waals surface area contributed by atoms with Crippen LogP contribution in [0.2, 0.25) is 0 Å². The van der Waals surface area contributed by atoms with Gasteiger partial charge in [-0.1, -0.05) is 12.1 Å². The molecule has 0 aliphatic rings. The Hall–Kier alpha value is -3.35. The maximum Gasteiger partial charge on any atom is 0.338 e. The zero-order chi connectivity index (χ0) is 19.1. The third-order valence-corrected chi connectivity index (χ3v) is 3.49. The average molecular weight is 358 g/mol. The van der Waals surface area contributed by atoms with Gasteiger partial charge in [-0.15, -0.1) is 0 Å². The van der Waals surface area contributed by atoms with Crippen LogP contribution in [0.1, 0.15) is 26.3 Å². The van der Waals surface area contributed by atoms with E-state index < -0.39 is 17.9 Å². The summed E-state index contributed by atoms with van der Waals surface area (Å²) in [7, 11) is 3.97. The lowest BCUT2D eigenvalue weighted by atomic mass is 10.1. The van der Waals surface area contributed by atoms with E-state index in [1.54, 1.807) is 31.4 Å². The van der Waals surface area contributed by atoms with Gasteiger partial charge < -0.3 is 18.9 Å². The molecule has 7 nitrogen and oxygen atoms in total. The van der Waals surface area contributed by atoms with Gasteiger partial charge in [0.1, 0.15) is 11.5 Å². The number of rotatable bonds is 6. The Kier molecular flexibility index (Phi) is 6.32. The van der Waals surface area contributed by atoms with Crippen LogP contribution in [-0.2, 0) is 20.7 Å². The molecule has 7 heteroatoms. The van der Waals surface area contributed by atoms with Crippen LogP contribution in [0, 0.1) is 0 Å². The smallest absolute Gasteiger partial charge is 0.338 e. The quantitative estimate of drug-likeness (QED) is 0.579. The van der Waals surface area contributed by atoms with Gasteiger partial charge >= 0.3 is 17.9 Å². The average Bonchev–Trinajstić information content (AvgIpc) is 2.66.